The average molecular weight is 319 g/mol. The number of fused-ring (bicyclic) bond motifs is 1. The Labute approximate surface area is 136 Å². The highest BCUT2D eigenvalue weighted by molar-refractivity contribution is 5.95. The van der Waals surface area contributed by atoms with Gasteiger partial charge in [0.15, 0.2) is 0 Å². The minimum atomic E-state index is -0.800. The summed E-state index contributed by atoms with van der Waals surface area (Å²) in [5, 5.41) is 14.0. The van der Waals surface area contributed by atoms with Crippen LogP contribution in [0.3, 0.4) is 0 Å². The van der Waals surface area contributed by atoms with Crippen LogP contribution in [0.1, 0.15) is 48.4 Å². The minimum absolute atomic E-state index is 0.0144. The summed E-state index contributed by atoms with van der Waals surface area (Å²) in [6.45, 7) is 4.88. The number of carboxylic acids is 1. The van der Waals surface area contributed by atoms with E-state index < -0.39 is 11.9 Å². The Balaban J connectivity index is 1.87. The highest BCUT2D eigenvalue weighted by Gasteiger charge is 2.42. The first-order valence-electron chi connectivity index (χ1n) is 8.47. The van der Waals surface area contributed by atoms with Crippen molar-refractivity contribution in [3.8, 4) is 0 Å². The topological polar surface area (TPSA) is 75.4 Å². The van der Waals surface area contributed by atoms with Crippen LogP contribution in [0.5, 0.6) is 0 Å². The third-order valence-corrected chi connectivity index (χ3v) is 5.35. The van der Waals surface area contributed by atoms with E-state index in [1.54, 1.807) is 9.58 Å². The lowest BCUT2D eigenvalue weighted by Gasteiger charge is -2.19. The molecule has 0 spiro atoms. The van der Waals surface area contributed by atoms with E-state index in [1.807, 2.05) is 20.9 Å². The summed E-state index contributed by atoms with van der Waals surface area (Å²) >= 11 is 0. The number of rotatable bonds is 3. The number of amides is 1. The Bertz CT molecular complexity index is 635. The number of aryl methyl sites for hydroxylation is 2. The van der Waals surface area contributed by atoms with Crippen molar-refractivity contribution in [2.24, 2.45) is 24.8 Å². The molecule has 0 unspecified atom stereocenters. The fourth-order valence-electron chi connectivity index (χ4n) is 4.03. The van der Waals surface area contributed by atoms with Crippen LogP contribution in [-0.2, 0) is 24.7 Å². The molecular weight excluding hydrogens is 294 g/mol. The number of likely N-dealkylation sites (tertiary alicyclic amines) is 1. The van der Waals surface area contributed by atoms with Gasteiger partial charge in [-0.3, -0.25) is 14.3 Å². The van der Waals surface area contributed by atoms with Gasteiger partial charge in [0.1, 0.15) is 5.69 Å². The number of nitrogens with zero attached hydrogens (tertiary/aromatic N) is 3. The summed E-state index contributed by atoms with van der Waals surface area (Å²) in [4.78, 5) is 26.2. The molecule has 0 radical (unpaired) electrons. The van der Waals surface area contributed by atoms with Gasteiger partial charge in [0.05, 0.1) is 11.6 Å². The predicted octanol–water partition coefficient (Wildman–Crippen LogP) is 1.73. The van der Waals surface area contributed by atoms with Crippen molar-refractivity contribution >= 4 is 11.9 Å². The zero-order valence-electron chi connectivity index (χ0n) is 14.1. The van der Waals surface area contributed by atoms with Gasteiger partial charge in [0.2, 0.25) is 0 Å². The summed E-state index contributed by atoms with van der Waals surface area (Å²) in [6.07, 6.45) is 4.04. The molecule has 1 amide bonds. The molecule has 2 aliphatic rings. The fraction of sp³-hybridized carbons (Fsp3) is 0.706. The van der Waals surface area contributed by atoms with Gasteiger partial charge in [0, 0.05) is 25.7 Å². The molecule has 0 saturated carbocycles. The Hall–Kier alpha value is -1.85. The molecule has 0 aromatic carbocycles. The molecular formula is C17H25N3O3. The SMILES string of the molecule is CC(C)[C@H]1CN(C(=O)c2c3c(nn2C)CCCC3)C[C@@H]1C(=O)O. The van der Waals surface area contributed by atoms with Crippen LogP contribution >= 0.6 is 0 Å². The lowest BCUT2D eigenvalue weighted by atomic mass is 9.86. The molecule has 2 heterocycles. The van der Waals surface area contributed by atoms with E-state index in [-0.39, 0.29) is 17.7 Å². The van der Waals surface area contributed by atoms with Crippen LogP contribution in [-0.4, -0.2) is 44.8 Å². The first-order valence-corrected chi connectivity index (χ1v) is 8.47. The van der Waals surface area contributed by atoms with Gasteiger partial charge < -0.3 is 10.0 Å². The second-order valence-electron chi connectivity index (χ2n) is 7.17. The van der Waals surface area contributed by atoms with E-state index in [2.05, 4.69) is 5.10 Å². The maximum atomic E-state index is 13.0. The molecule has 1 N–H and O–H groups in total. The standard InChI is InChI=1S/C17H25N3O3/c1-10(2)12-8-20(9-13(12)17(22)23)16(21)15-11-6-4-5-7-14(11)18-19(15)3/h10,12-13H,4-9H2,1-3H3,(H,22,23)/t12-,13+/m1/s1. The lowest BCUT2D eigenvalue weighted by molar-refractivity contribution is -0.142. The summed E-state index contributed by atoms with van der Waals surface area (Å²) in [6, 6.07) is 0. The maximum absolute atomic E-state index is 13.0. The van der Waals surface area contributed by atoms with Gasteiger partial charge >= 0.3 is 5.97 Å². The average Bonchev–Trinajstić information content (AvgIpc) is 3.07. The lowest BCUT2D eigenvalue weighted by Crippen LogP contribution is -2.32. The molecule has 6 nitrogen and oxygen atoms in total. The number of aromatic nitrogens is 2. The van der Waals surface area contributed by atoms with Crippen molar-refractivity contribution in [3.05, 3.63) is 17.0 Å². The van der Waals surface area contributed by atoms with Gasteiger partial charge in [-0.15, -0.1) is 0 Å². The van der Waals surface area contributed by atoms with Crippen LogP contribution in [0.4, 0.5) is 0 Å². The quantitative estimate of drug-likeness (QED) is 0.920. The van der Waals surface area contributed by atoms with Crippen molar-refractivity contribution in [2.75, 3.05) is 13.1 Å². The highest BCUT2D eigenvalue weighted by atomic mass is 16.4. The summed E-state index contributed by atoms with van der Waals surface area (Å²) < 4.78 is 1.69. The van der Waals surface area contributed by atoms with Gasteiger partial charge in [-0.2, -0.15) is 5.10 Å². The molecule has 1 saturated heterocycles. The minimum Gasteiger partial charge on any atom is -0.481 e. The fourth-order valence-corrected chi connectivity index (χ4v) is 4.03. The third kappa shape index (κ3) is 2.75. The molecule has 23 heavy (non-hydrogen) atoms. The molecule has 1 aliphatic carbocycles. The Morgan fingerprint density at radius 2 is 1.91 bits per heavy atom. The summed E-state index contributed by atoms with van der Waals surface area (Å²) in [7, 11) is 1.82. The third-order valence-electron chi connectivity index (χ3n) is 5.35. The molecule has 1 aromatic rings. The number of carboxylic acid groups (broad SMARTS) is 1. The Morgan fingerprint density at radius 1 is 1.22 bits per heavy atom. The van der Waals surface area contributed by atoms with Crippen molar-refractivity contribution in [1.82, 2.24) is 14.7 Å². The van der Waals surface area contributed by atoms with Crippen molar-refractivity contribution < 1.29 is 14.7 Å². The highest BCUT2D eigenvalue weighted by Crippen LogP contribution is 2.32. The number of carbonyl (C=O) groups excluding carboxylic acids is 1. The van der Waals surface area contributed by atoms with Gasteiger partial charge in [-0.1, -0.05) is 13.8 Å². The summed E-state index contributed by atoms with van der Waals surface area (Å²) in [5.41, 5.74) is 2.77. The maximum Gasteiger partial charge on any atom is 0.308 e. The molecule has 126 valence electrons. The zero-order chi connectivity index (χ0) is 16.7. The monoisotopic (exact) mass is 319 g/mol. The molecule has 6 heteroatoms. The van der Waals surface area contributed by atoms with Crippen molar-refractivity contribution in [2.45, 2.75) is 39.5 Å². The number of carbonyl (C=O) groups is 2. The van der Waals surface area contributed by atoms with Crippen molar-refractivity contribution in [3.63, 3.8) is 0 Å². The molecule has 1 aromatic heterocycles. The smallest absolute Gasteiger partial charge is 0.308 e. The molecule has 3 rings (SSSR count). The second-order valence-corrected chi connectivity index (χ2v) is 7.17. The Morgan fingerprint density at radius 3 is 2.52 bits per heavy atom. The van der Waals surface area contributed by atoms with E-state index >= 15 is 0 Å². The zero-order valence-corrected chi connectivity index (χ0v) is 14.1. The van der Waals surface area contributed by atoms with Crippen LogP contribution in [0.2, 0.25) is 0 Å². The largest absolute Gasteiger partial charge is 0.481 e. The first-order chi connectivity index (χ1) is 10.9. The molecule has 1 aliphatic heterocycles. The van der Waals surface area contributed by atoms with E-state index in [4.69, 9.17) is 0 Å². The number of hydrogen-bond donors (Lipinski definition) is 1. The number of hydrogen-bond acceptors (Lipinski definition) is 3. The van der Waals surface area contributed by atoms with Gasteiger partial charge in [0.25, 0.3) is 5.91 Å². The molecule has 0 bridgehead atoms. The van der Waals surface area contributed by atoms with Gasteiger partial charge in [-0.25, -0.2) is 0 Å². The van der Waals surface area contributed by atoms with E-state index in [0.29, 0.717) is 18.8 Å². The molecule has 1 fully saturated rings. The Kier molecular flexibility index (Phi) is 4.17. The van der Waals surface area contributed by atoms with Crippen LogP contribution < -0.4 is 0 Å². The van der Waals surface area contributed by atoms with Crippen LogP contribution in [0, 0.1) is 17.8 Å². The van der Waals surface area contributed by atoms with Gasteiger partial charge in [-0.05, 0) is 37.5 Å². The number of aliphatic carboxylic acids is 1. The first kappa shape index (κ1) is 16.0. The van der Waals surface area contributed by atoms with E-state index in [0.717, 1.165) is 36.9 Å². The summed E-state index contributed by atoms with van der Waals surface area (Å²) in [5.74, 6) is -1.07. The van der Waals surface area contributed by atoms with Crippen molar-refractivity contribution in [1.29, 1.82) is 0 Å². The predicted molar refractivity (Wildman–Crippen MR) is 85.2 cm³/mol. The van der Waals surface area contributed by atoms with E-state index in [9.17, 15) is 14.7 Å². The van der Waals surface area contributed by atoms with E-state index in [1.165, 1.54) is 0 Å². The second kappa shape index (κ2) is 5.98. The molecule has 2 atom stereocenters. The normalized spacial score (nSPS) is 24.1. The van der Waals surface area contributed by atoms with Crippen LogP contribution in [0.25, 0.3) is 0 Å². The van der Waals surface area contributed by atoms with Crippen LogP contribution in [0.15, 0.2) is 0 Å².